The number of benzene rings is 4. The summed E-state index contributed by atoms with van der Waals surface area (Å²) in [5, 5.41) is 2.99. The summed E-state index contributed by atoms with van der Waals surface area (Å²) in [5.41, 5.74) is 2.74. The lowest BCUT2D eigenvalue weighted by molar-refractivity contribution is -0.121. The second-order valence-corrected chi connectivity index (χ2v) is 10.6. The Hall–Kier alpha value is -4.84. The number of fused-ring (bicyclic) bond motifs is 6. The number of halogens is 1. The number of para-hydroxylation sites is 1. The van der Waals surface area contributed by atoms with Crippen molar-refractivity contribution in [3.8, 4) is 0 Å². The number of anilines is 2. The molecule has 1 N–H and O–H groups in total. The molecule has 3 aliphatic heterocycles. The molecule has 0 bridgehead atoms. The Bertz CT molecular complexity index is 1750. The second-order valence-electron chi connectivity index (χ2n) is 10.6. The molecule has 1 fully saturated rings. The molecule has 6 heteroatoms. The topological polar surface area (TPSA) is 66.5 Å². The molecule has 4 atom stereocenters. The lowest BCUT2D eigenvalue weighted by Crippen LogP contribution is -2.51. The van der Waals surface area contributed by atoms with Crippen LogP contribution >= 0.6 is 0 Å². The van der Waals surface area contributed by atoms with Crippen molar-refractivity contribution in [2.45, 2.75) is 24.4 Å². The summed E-state index contributed by atoms with van der Waals surface area (Å²) < 4.78 is 15.2. The zero-order valence-electron chi connectivity index (χ0n) is 21.7. The average molecular weight is 529 g/mol. The molecule has 196 valence electrons. The van der Waals surface area contributed by atoms with E-state index < -0.39 is 35.0 Å². The van der Waals surface area contributed by atoms with Gasteiger partial charge in [0.05, 0.1) is 17.5 Å². The summed E-state index contributed by atoms with van der Waals surface area (Å²) in [6, 6.07) is 26.0. The number of amides is 1. The van der Waals surface area contributed by atoms with Crippen LogP contribution in [0.2, 0.25) is 0 Å². The van der Waals surface area contributed by atoms with Crippen molar-refractivity contribution in [3.63, 3.8) is 0 Å². The lowest BCUT2D eigenvalue weighted by atomic mass is 9.64. The third-order valence-electron chi connectivity index (χ3n) is 8.54. The van der Waals surface area contributed by atoms with Crippen molar-refractivity contribution in [1.82, 2.24) is 0 Å². The van der Waals surface area contributed by atoms with Crippen LogP contribution in [0, 0.1) is 18.7 Å². The molecular formula is C34H25FN2O3. The third-order valence-corrected chi connectivity index (χ3v) is 8.54. The van der Waals surface area contributed by atoms with E-state index in [-0.39, 0.29) is 17.3 Å². The number of carbonyl (C=O) groups excluding carboxylic acids is 3. The highest BCUT2D eigenvalue weighted by molar-refractivity contribution is 6.18. The van der Waals surface area contributed by atoms with Crippen LogP contribution in [0.25, 0.3) is 6.08 Å². The number of rotatable bonds is 4. The highest BCUT2D eigenvalue weighted by atomic mass is 19.1. The van der Waals surface area contributed by atoms with E-state index in [0.29, 0.717) is 16.8 Å². The highest BCUT2D eigenvalue weighted by Gasteiger charge is 2.70. The summed E-state index contributed by atoms with van der Waals surface area (Å²) in [5.74, 6) is -3.13. The Morgan fingerprint density at radius 2 is 1.60 bits per heavy atom. The molecule has 0 radical (unpaired) electrons. The largest absolute Gasteiger partial charge is 0.352 e. The fourth-order valence-electron chi connectivity index (χ4n) is 6.90. The van der Waals surface area contributed by atoms with Gasteiger partial charge < -0.3 is 10.2 Å². The zero-order valence-corrected chi connectivity index (χ0v) is 21.7. The van der Waals surface area contributed by atoms with Crippen molar-refractivity contribution < 1.29 is 18.8 Å². The minimum absolute atomic E-state index is 0.136. The predicted octanol–water partition coefficient (Wildman–Crippen LogP) is 5.99. The smallest absolute Gasteiger partial charge is 0.238 e. The molecule has 5 nitrogen and oxygen atoms in total. The van der Waals surface area contributed by atoms with E-state index in [1.54, 1.807) is 36.4 Å². The van der Waals surface area contributed by atoms with E-state index in [0.717, 1.165) is 16.8 Å². The van der Waals surface area contributed by atoms with E-state index >= 15 is 4.39 Å². The van der Waals surface area contributed by atoms with Crippen LogP contribution in [0.4, 0.5) is 15.8 Å². The Morgan fingerprint density at radius 1 is 0.875 bits per heavy atom. The van der Waals surface area contributed by atoms with Gasteiger partial charge in [-0.3, -0.25) is 14.4 Å². The number of Topliss-reactive ketones (excluding diaryl/α,β-unsaturated/α-hetero) is 2. The summed E-state index contributed by atoms with van der Waals surface area (Å²) in [7, 11) is 0. The number of nitrogens with zero attached hydrogens (tertiary/aromatic N) is 1. The fourth-order valence-corrected chi connectivity index (χ4v) is 6.90. The van der Waals surface area contributed by atoms with Crippen molar-refractivity contribution in [1.29, 1.82) is 0 Å². The van der Waals surface area contributed by atoms with Crippen molar-refractivity contribution >= 4 is 34.9 Å². The van der Waals surface area contributed by atoms with E-state index in [4.69, 9.17) is 0 Å². The molecular weight excluding hydrogens is 503 g/mol. The van der Waals surface area contributed by atoms with Gasteiger partial charge >= 0.3 is 0 Å². The zero-order chi connectivity index (χ0) is 27.6. The predicted molar refractivity (Wildman–Crippen MR) is 152 cm³/mol. The van der Waals surface area contributed by atoms with Gasteiger partial charge in [0.25, 0.3) is 0 Å². The number of hydrogen-bond acceptors (Lipinski definition) is 4. The first kappa shape index (κ1) is 24.2. The first-order valence-corrected chi connectivity index (χ1v) is 13.3. The maximum absolute atomic E-state index is 15.2. The van der Waals surface area contributed by atoms with Crippen molar-refractivity contribution in [3.05, 3.63) is 137 Å². The van der Waals surface area contributed by atoms with Gasteiger partial charge in [-0.2, -0.15) is 0 Å². The molecule has 4 aromatic rings. The SMILES string of the molecule is Cc1ccc2c(c1)C=C[C@@H]1N2[C@H](C(=O)c2ccccc2)[C@@H](C(=O)c2ccccc2F)[C@@]12C(=O)Nc1ccccc12. The summed E-state index contributed by atoms with van der Waals surface area (Å²) in [6.07, 6.45) is 3.88. The number of hydrogen-bond donors (Lipinski definition) is 1. The fraction of sp³-hybridized carbons (Fsp3) is 0.147. The van der Waals surface area contributed by atoms with Gasteiger partial charge in [-0.15, -0.1) is 0 Å². The molecule has 3 heterocycles. The molecule has 0 aliphatic carbocycles. The number of nitrogens with one attached hydrogen (secondary N) is 1. The van der Waals surface area contributed by atoms with Gasteiger partial charge in [-0.1, -0.05) is 84.4 Å². The van der Waals surface area contributed by atoms with E-state index in [9.17, 15) is 14.4 Å². The van der Waals surface area contributed by atoms with E-state index in [1.807, 2.05) is 66.4 Å². The van der Waals surface area contributed by atoms with Crippen molar-refractivity contribution in [2.75, 3.05) is 10.2 Å². The van der Waals surface area contributed by atoms with Crippen LogP contribution in [-0.4, -0.2) is 29.6 Å². The number of ketones is 2. The minimum atomic E-state index is -1.47. The van der Waals surface area contributed by atoms with Gasteiger partial charge in [0, 0.05) is 16.9 Å². The maximum atomic E-state index is 15.2. The highest BCUT2D eigenvalue weighted by Crippen LogP contribution is 2.58. The number of aryl methyl sites for hydroxylation is 1. The monoisotopic (exact) mass is 528 g/mol. The van der Waals surface area contributed by atoms with Gasteiger partial charge in [0.2, 0.25) is 5.91 Å². The van der Waals surface area contributed by atoms with Crippen LogP contribution in [-0.2, 0) is 10.2 Å². The van der Waals surface area contributed by atoms with Crippen LogP contribution in [0.1, 0.15) is 37.4 Å². The third kappa shape index (κ3) is 3.22. The van der Waals surface area contributed by atoms with Crippen molar-refractivity contribution in [2.24, 2.45) is 5.92 Å². The minimum Gasteiger partial charge on any atom is -0.352 e. The molecule has 40 heavy (non-hydrogen) atoms. The first-order chi connectivity index (χ1) is 19.4. The van der Waals surface area contributed by atoms with Gasteiger partial charge in [0.1, 0.15) is 17.3 Å². The van der Waals surface area contributed by atoms with Crippen LogP contribution in [0.15, 0.2) is 103 Å². The molecule has 4 aromatic carbocycles. The first-order valence-electron chi connectivity index (χ1n) is 13.3. The molecule has 3 aliphatic rings. The Balaban J connectivity index is 1.56. The molecule has 1 spiro atoms. The molecule has 1 saturated heterocycles. The summed E-state index contributed by atoms with van der Waals surface area (Å²) in [4.78, 5) is 45.4. The molecule has 1 amide bonds. The van der Waals surface area contributed by atoms with Crippen LogP contribution in [0.3, 0.4) is 0 Å². The lowest BCUT2D eigenvalue weighted by Gasteiger charge is -2.37. The van der Waals surface area contributed by atoms with Crippen LogP contribution < -0.4 is 10.2 Å². The van der Waals surface area contributed by atoms with Crippen LogP contribution in [0.5, 0.6) is 0 Å². The molecule has 0 unspecified atom stereocenters. The van der Waals surface area contributed by atoms with E-state index in [1.165, 1.54) is 18.2 Å². The second kappa shape index (κ2) is 8.85. The van der Waals surface area contributed by atoms with Gasteiger partial charge in [0.15, 0.2) is 11.6 Å². The van der Waals surface area contributed by atoms with Gasteiger partial charge in [-0.05, 0) is 48.4 Å². The quantitative estimate of drug-likeness (QED) is 0.331. The maximum Gasteiger partial charge on any atom is 0.238 e. The normalized spacial score (nSPS) is 23.9. The summed E-state index contributed by atoms with van der Waals surface area (Å²) in [6.45, 7) is 1.99. The van der Waals surface area contributed by atoms with E-state index in [2.05, 4.69) is 5.32 Å². The average Bonchev–Trinajstić information content (AvgIpc) is 3.45. The molecule has 7 rings (SSSR count). The Kier molecular flexibility index (Phi) is 5.36. The molecule has 0 aromatic heterocycles. The standard InChI is InChI=1S/C34H25FN2O3/c1-20-15-17-27-22(19-20)16-18-28-34(24-12-6-8-14-26(24)36-33(34)40)29(32(39)23-11-5-7-13-25(23)35)30(37(27)28)31(38)21-9-3-2-4-10-21/h2-19,28-30H,1H3,(H,36,40)/t28-,29-,30-,34-/m0/s1. The Morgan fingerprint density at radius 3 is 2.40 bits per heavy atom. The number of carbonyl (C=O) groups is 3. The molecule has 0 saturated carbocycles. The van der Waals surface area contributed by atoms with Gasteiger partial charge in [-0.25, -0.2) is 4.39 Å². The Labute approximate surface area is 231 Å². The summed E-state index contributed by atoms with van der Waals surface area (Å²) >= 11 is 0.